The molecule has 3 aromatic rings. The summed E-state index contributed by atoms with van der Waals surface area (Å²) in [6.07, 6.45) is 2.49. The standard InChI is InChI=1S/C25H30N4O3/c1-18-11-14-28(15-12-18)22(19-7-3-2-4-8-19)17-26-23(30)13-16-29-21-10-6-5-9-20(21)24(31)27-25(29)32/h2-10,18,22H,11-17H2,1H3,(H,26,30)(H,27,31,32). The first-order chi connectivity index (χ1) is 15.5. The van der Waals surface area contributed by atoms with Crippen LogP contribution in [-0.2, 0) is 11.3 Å². The van der Waals surface area contributed by atoms with Crippen molar-refractivity contribution < 1.29 is 4.79 Å². The predicted molar refractivity (Wildman–Crippen MR) is 126 cm³/mol. The first-order valence-corrected chi connectivity index (χ1v) is 11.3. The summed E-state index contributed by atoms with van der Waals surface area (Å²) in [6, 6.07) is 17.4. The molecule has 0 aliphatic carbocycles. The zero-order valence-corrected chi connectivity index (χ0v) is 18.4. The summed E-state index contributed by atoms with van der Waals surface area (Å²) in [5.41, 5.74) is 0.836. The van der Waals surface area contributed by atoms with Gasteiger partial charge in [0, 0.05) is 19.5 Å². The molecule has 4 rings (SSSR count). The molecular formula is C25H30N4O3. The SMILES string of the molecule is CC1CCN(C(CNC(=O)CCn2c(=O)[nH]c(=O)c3ccccc32)c2ccccc2)CC1. The molecule has 1 aliphatic heterocycles. The minimum absolute atomic E-state index is 0.113. The van der Waals surface area contributed by atoms with Crippen LogP contribution in [0.5, 0.6) is 0 Å². The Balaban J connectivity index is 1.43. The van der Waals surface area contributed by atoms with Crippen LogP contribution in [0.4, 0.5) is 0 Å². The summed E-state index contributed by atoms with van der Waals surface area (Å²) >= 11 is 0. The highest BCUT2D eigenvalue weighted by Gasteiger charge is 2.25. The number of piperidine rings is 1. The Morgan fingerprint density at radius 1 is 1.06 bits per heavy atom. The second-order valence-electron chi connectivity index (χ2n) is 8.63. The topological polar surface area (TPSA) is 87.2 Å². The van der Waals surface area contributed by atoms with Crippen molar-refractivity contribution in [3.63, 3.8) is 0 Å². The average Bonchev–Trinajstić information content (AvgIpc) is 2.81. The lowest BCUT2D eigenvalue weighted by Gasteiger charge is -2.37. The molecule has 1 unspecified atom stereocenters. The van der Waals surface area contributed by atoms with Gasteiger partial charge in [-0.25, -0.2) is 4.79 Å². The number of carbonyl (C=O) groups excluding carboxylic acids is 1. The van der Waals surface area contributed by atoms with Crippen LogP contribution in [0.3, 0.4) is 0 Å². The first kappa shape index (κ1) is 22.0. The molecule has 7 heteroatoms. The Morgan fingerprint density at radius 2 is 1.75 bits per heavy atom. The lowest BCUT2D eigenvalue weighted by molar-refractivity contribution is -0.121. The van der Waals surface area contributed by atoms with Crippen molar-refractivity contribution in [3.8, 4) is 0 Å². The number of fused-ring (bicyclic) bond motifs is 1. The summed E-state index contributed by atoms with van der Waals surface area (Å²) in [6.45, 7) is 5.07. The van der Waals surface area contributed by atoms with Gasteiger partial charge in [0.15, 0.2) is 0 Å². The van der Waals surface area contributed by atoms with E-state index in [1.54, 1.807) is 24.3 Å². The zero-order valence-electron chi connectivity index (χ0n) is 18.4. The molecule has 2 aromatic carbocycles. The number of nitrogens with one attached hydrogen (secondary N) is 2. The normalized spacial score (nSPS) is 16.2. The quantitative estimate of drug-likeness (QED) is 0.599. The van der Waals surface area contributed by atoms with Gasteiger partial charge in [-0.3, -0.25) is 24.0 Å². The second-order valence-corrected chi connectivity index (χ2v) is 8.63. The number of benzene rings is 2. The highest BCUT2D eigenvalue weighted by atomic mass is 16.2. The van der Waals surface area contributed by atoms with Crippen LogP contribution in [-0.4, -0.2) is 40.0 Å². The van der Waals surface area contributed by atoms with E-state index in [2.05, 4.69) is 34.3 Å². The van der Waals surface area contributed by atoms with Crippen LogP contribution >= 0.6 is 0 Å². The summed E-state index contributed by atoms with van der Waals surface area (Å²) < 4.78 is 1.46. The maximum absolute atomic E-state index is 12.7. The molecule has 32 heavy (non-hydrogen) atoms. The fraction of sp³-hybridized carbons (Fsp3) is 0.400. The van der Waals surface area contributed by atoms with Crippen molar-refractivity contribution >= 4 is 16.8 Å². The van der Waals surface area contributed by atoms with E-state index in [0.717, 1.165) is 19.0 Å². The number of para-hydroxylation sites is 1. The molecule has 0 saturated carbocycles. The van der Waals surface area contributed by atoms with Gasteiger partial charge in [-0.2, -0.15) is 0 Å². The van der Waals surface area contributed by atoms with Crippen LogP contribution in [0, 0.1) is 5.92 Å². The van der Waals surface area contributed by atoms with Gasteiger partial charge < -0.3 is 5.32 Å². The number of aromatic nitrogens is 2. The van der Waals surface area contributed by atoms with Crippen molar-refractivity contribution in [2.45, 2.75) is 38.8 Å². The third kappa shape index (κ3) is 4.99. The molecule has 0 radical (unpaired) electrons. The van der Waals surface area contributed by atoms with E-state index >= 15 is 0 Å². The number of hydrogen-bond acceptors (Lipinski definition) is 4. The second kappa shape index (κ2) is 9.96. The fourth-order valence-corrected chi connectivity index (χ4v) is 4.45. The van der Waals surface area contributed by atoms with Crippen molar-refractivity contribution in [1.29, 1.82) is 0 Å². The van der Waals surface area contributed by atoms with Gasteiger partial charge in [-0.15, -0.1) is 0 Å². The Kier molecular flexibility index (Phi) is 6.85. The first-order valence-electron chi connectivity index (χ1n) is 11.3. The molecule has 1 saturated heterocycles. The molecule has 1 atom stereocenters. The molecule has 1 aliphatic rings. The van der Waals surface area contributed by atoms with Gasteiger partial charge in [0.2, 0.25) is 5.91 Å². The number of carbonyl (C=O) groups is 1. The monoisotopic (exact) mass is 434 g/mol. The molecular weight excluding hydrogens is 404 g/mol. The number of rotatable bonds is 7. The number of H-pyrrole nitrogens is 1. The van der Waals surface area contributed by atoms with Gasteiger partial charge in [0.1, 0.15) is 0 Å². The van der Waals surface area contributed by atoms with Crippen molar-refractivity contribution in [1.82, 2.24) is 19.8 Å². The van der Waals surface area contributed by atoms with E-state index < -0.39 is 11.2 Å². The number of likely N-dealkylation sites (tertiary alicyclic amines) is 1. The molecule has 168 valence electrons. The minimum Gasteiger partial charge on any atom is -0.354 e. The van der Waals surface area contributed by atoms with E-state index in [0.29, 0.717) is 17.4 Å². The van der Waals surface area contributed by atoms with E-state index in [1.807, 2.05) is 18.2 Å². The highest BCUT2D eigenvalue weighted by Crippen LogP contribution is 2.26. The van der Waals surface area contributed by atoms with Crippen LogP contribution in [0.1, 0.15) is 37.8 Å². The lowest BCUT2D eigenvalue weighted by Crippen LogP contribution is -2.42. The number of hydrogen-bond donors (Lipinski definition) is 2. The van der Waals surface area contributed by atoms with E-state index in [4.69, 9.17) is 0 Å². The third-order valence-corrected chi connectivity index (χ3v) is 6.40. The summed E-state index contributed by atoms with van der Waals surface area (Å²) in [4.78, 5) is 41.8. The lowest BCUT2D eigenvalue weighted by atomic mass is 9.95. The van der Waals surface area contributed by atoms with Gasteiger partial charge in [0.25, 0.3) is 5.56 Å². The average molecular weight is 435 g/mol. The van der Waals surface area contributed by atoms with Gasteiger partial charge in [-0.1, -0.05) is 49.4 Å². The minimum atomic E-state index is -0.494. The molecule has 1 fully saturated rings. The van der Waals surface area contributed by atoms with E-state index in [9.17, 15) is 14.4 Å². The van der Waals surface area contributed by atoms with Crippen molar-refractivity contribution in [3.05, 3.63) is 81.0 Å². The molecule has 0 bridgehead atoms. The van der Waals surface area contributed by atoms with Crippen LogP contribution < -0.4 is 16.6 Å². The van der Waals surface area contributed by atoms with Crippen LogP contribution in [0.2, 0.25) is 0 Å². The van der Waals surface area contributed by atoms with Crippen LogP contribution in [0.25, 0.3) is 10.9 Å². The summed E-state index contributed by atoms with van der Waals surface area (Å²) in [7, 11) is 0. The smallest absolute Gasteiger partial charge is 0.328 e. The Bertz CT molecular complexity index is 1180. The van der Waals surface area contributed by atoms with E-state index in [1.165, 1.54) is 23.0 Å². The van der Waals surface area contributed by atoms with Crippen LogP contribution in [0.15, 0.2) is 64.2 Å². The van der Waals surface area contributed by atoms with Crippen molar-refractivity contribution in [2.75, 3.05) is 19.6 Å². The molecule has 0 spiro atoms. The van der Waals surface area contributed by atoms with Gasteiger partial charge >= 0.3 is 5.69 Å². The Labute approximate surface area is 187 Å². The Morgan fingerprint density at radius 3 is 2.50 bits per heavy atom. The molecule has 2 heterocycles. The number of aromatic amines is 1. The highest BCUT2D eigenvalue weighted by molar-refractivity contribution is 5.78. The third-order valence-electron chi connectivity index (χ3n) is 6.40. The van der Waals surface area contributed by atoms with Crippen molar-refractivity contribution in [2.24, 2.45) is 5.92 Å². The summed E-state index contributed by atoms with van der Waals surface area (Å²) in [5, 5.41) is 3.51. The maximum atomic E-state index is 12.7. The largest absolute Gasteiger partial charge is 0.354 e. The van der Waals surface area contributed by atoms with Gasteiger partial charge in [-0.05, 0) is 49.5 Å². The fourth-order valence-electron chi connectivity index (χ4n) is 4.45. The number of nitrogens with zero attached hydrogens (tertiary/aromatic N) is 2. The molecule has 7 nitrogen and oxygen atoms in total. The molecule has 1 amide bonds. The van der Waals surface area contributed by atoms with E-state index in [-0.39, 0.29) is 24.9 Å². The molecule has 1 aromatic heterocycles. The van der Waals surface area contributed by atoms with Gasteiger partial charge in [0.05, 0.1) is 16.9 Å². The predicted octanol–water partition coefficient (Wildman–Crippen LogP) is 2.67. The molecule has 2 N–H and O–H groups in total. The summed E-state index contributed by atoms with van der Waals surface area (Å²) in [5.74, 6) is 0.626. The Hall–Kier alpha value is -3.19. The zero-order chi connectivity index (χ0) is 22.5. The number of aryl methyl sites for hydroxylation is 1. The number of amides is 1. The maximum Gasteiger partial charge on any atom is 0.328 e.